The predicted molar refractivity (Wildman–Crippen MR) is 82.0 cm³/mol. The number of anilines is 1. The lowest BCUT2D eigenvalue weighted by Gasteiger charge is -2.13. The maximum absolute atomic E-state index is 12.2. The second-order valence-electron chi connectivity index (χ2n) is 5.31. The molecular formula is C17H21NO3. The average molecular weight is 287 g/mol. The number of aryl methyl sites for hydroxylation is 1. The maximum atomic E-state index is 12.2. The second kappa shape index (κ2) is 7.26. The van der Waals surface area contributed by atoms with Crippen LogP contribution in [0.1, 0.15) is 37.3 Å². The number of carbonyl (C=O) groups excluding carboxylic acids is 1. The highest BCUT2D eigenvalue weighted by molar-refractivity contribution is 5.95. The molecule has 1 aromatic carbocycles. The smallest absolute Gasteiger partial charge is 0.253 e. The van der Waals surface area contributed by atoms with Crippen LogP contribution in [0.4, 0.5) is 5.69 Å². The standard InChI is InChI=1S/C17H21NO3/c1-12-6-8-14(5-3-4-10-19)11-15(12)18-17(20)16-9-7-13(2)21-16/h6,8,11,13,16,19H,4,7,9-10H2,1-2H3,(H,18,20). The minimum atomic E-state index is -0.358. The highest BCUT2D eigenvalue weighted by Gasteiger charge is 2.28. The summed E-state index contributed by atoms with van der Waals surface area (Å²) in [5.41, 5.74) is 2.58. The monoisotopic (exact) mass is 287 g/mol. The zero-order valence-corrected chi connectivity index (χ0v) is 12.5. The Hall–Kier alpha value is -1.83. The van der Waals surface area contributed by atoms with Crippen molar-refractivity contribution < 1.29 is 14.6 Å². The second-order valence-corrected chi connectivity index (χ2v) is 5.31. The van der Waals surface area contributed by atoms with Crippen LogP contribution in [0.25, 0.3) is 0 Å². The largest absolute Gasteiger partial charge is 0.395 e. The van der Waals surface area contributed by atoms with Crippen molar-refractivity contribution in [2.24, 2.45) is 0 Å². The SMILES string of the molecule is Cc1ccc(C#CCCO)cc1NC(=O)C1CCC(C)O1. The van der Waals surface area contributed by atoms with Gasteiger partial charge in [0.25, 0.3) is 5.91 Å². The first-order valence-electron chi connectivity index (χ1n) is 7.27. The summed E-state index contributed by atoms with van der Waals surface area (Å²) < 4.78 is 5.58. The first kappa shape index (κ1) is 15.6. The number of amides is 1. The molecule has 4 heteroatoms. The third-order valence-electron chi connectivity index (χ3n) is 3.49. The van der Waals surface area contributed by atoms with Gasteiger partial charge in [0.2, 0.25) is 0 Å². The number of carbonyl (C=O) groups is 1. The first-order chi connectivity index (χ1) is 10.1. The van der Waals surface area contributed by atoms with Crippen LogP contribution >= 0.6 is 0 Å². The number of hydrogen-bond donors (Lipinski definition) is 2. The topological polar surface area (TPSA) is 58.6 Å². The molecule has 0 bridgehead atoms. The number of aliphatic hydroxyl groups excluding tert-OH is 1. The van der Waals surface area contributed by atoms with Gasteiger partial charge in [-0.05, 0) is 44.4 Å². The van der Waals surface area contributed by atoms with Crippen LogP contribution in [0.5, 0.6) is 0 Å². The molecule has 2 N–H and O–H groups in total. The molecule has 112 valence electrons. The van der Waals surface area contributed by atoms with E-state index in [1.165, 1.54) is 0 Å². The van der Waals surface area contributed by atoms with Gasteiger partial charge in [0.1, 0.15) is 6.10 Å². The molecule has 4 nitrogen and oxygen atoms in total. The van der Waals surface area contributed by atoms with Crippen LogP contribution in [0.15, 0.2) is 18.2 Å². The molecule has 21 heavy (non-hydrogen) atoms. The van der Waals surface area contributed by atoms with Gasteiger partial charge in [0, 0.05) is 17.7 Å². The molecule has 2 atom stereocenters. The van der Waals surface area contributed by atoms with Gasteiger partial charge in [-0.15, -0.1) is 0 Å². The van der Waals surface area contributed by atoms with Crippen molar-refractivity contribution in [2.75, 3.05) is 11.9 Å². The Morgan fingerprint density at radius 2 is 2.29 bits per heavy atom. The molecule has 1 aliphatic rings. The summed E-state index contributed by atoms with van der Waals surface area (Å²) in [5, 5.41) is 11.7. The Balaban J connectivity index is 2.07. The van der Waals surface area contributed by atoms with Crippen LogP contribution in [-0.4, -0.2) is 29.8 Å². The highest BCUT2D eigenvalue weighted by Crippen LogP contribution is 2.22. The molecule has 1 amide bonds. The van der Waals surface area contributed by atoms with E-state index in [0.29, 0.717) is 6.42 Å². The van der Waals surface area contributed by atoms with Gasteiger partial charge in [0.15, 0.2) is 0 Å². The third kappa shape index (κ3) is 4.32. The van der Waals surface area contributed by atoms with Crippen LogP contribution in [0, 0.1) is 18.8 Å². The molecule has 0 aliphatic carbocycles. The van der Waals surface area contributed by atoms with E-state index in [0.717, 1.165) is 29.7 Å². The van der Waals surface area contributed by atoms with E-state index in [9.17, 15) is 4.79 Å². The fourth-order valence-electron chi connectivity index (χ4n) is 2.26. The van der Waals surface area contributed by atoms with E-state index in [1.54, 1.807) is 0 Å². The first-order valence-corrected chi connectivity index (χ1v) is 7.27. The molecular weight excluding hydrogens is 266 g/mol. The molecule has 0 spiro atoms. The minimum absolute atomic E-state index is 0.0552. The van der Waals surface area contributed by atoms with Crippen LogP contribution in [-0.2, 0) is 9.53 Å². The van der Waals surface area contributed by atoms with E-state index in [2.05, 4.69) is 17.2 Å². The lowest BCUT2D eigenvalue weighted by molar-refractivity contribution is -0.126. The Labute approximate surface area is 125 Å². The summed E-state index contributed by atoms with van der Waals surface area (Å²) in [5.74, 6) is 5.75. The van der Waals surface area contributed by atoms with Crippen molar-refractivity contribution >= 4 is 11.6 Å². The Morgan fingerprint density at radius 3 is 2.95 bits per heavy atom. The van der Waals surface area contributed by atoms with Crippen molar-refractivity contribution in [2.45, 2.75) is 45.3 Å². The van der Waals surface area contributed by atoms with Gasteiger partial charge in [-0.2, -0.15) is 0 Å². The van der Waals surface area contributed by atoms with Crippen LogP contribution in [0.3, 0.4) is 0 Å². The molecule has 1 saturated heterocycles. The Kier molecular flexibility index (Phi) is 5.38. The van der Waals surface area contributed by atoms with Crippen molar-refractivity contribution in [3.63, 3.8) is 0 Å². The molecule has 0 radical (unpaired) electrons. The molecule has 0 saturated carbocycles. The minimum Gasteiger partial charge on any atom is -0.395 e. The summed E-state index contributed by atoms with van der Waals surface area (Å²) in [4.78, 5) is 12.2. The predicted octanol–water partition coefficient (Wildman–Crippen LogP) is 2.23. The van der Waals surface area contributed by atoms with E-state index in [-0.39, 0.29) is 24.7 Å². The summed E-state index contributed by atoms with van der Waals surface area (Å²) in [6, 6.07) is 5.69. The van der Waals surface area contributed by atoms with Crippen molar-refractivity contribution in [3.05, 3.63) is 29.3 Å². The van der Waals surface area contributed by atoms with Gasteiger partial charge in [-0.3, -0.25) is 4.79 Å². The van der Waals surface area contributed by atoms with Gasteiger partial charge >= 0.3 is 0 Å². The number of rotatable bonds is 3. The normalized spacial score (nSPS) is 20.7. The van der Waals surface area contributed by atoms with E-state index in [1.807, 2.05) is 32.0 Å². The number of ether oxygens (including phenoxy) is 1. The molecule has 1 fully saturated rings. The van der Waals surface area contributed by atoms with Crippen LogP contribution in [0.2, 0.25) is 0 Å². The number of hydrogen-bond acceptors (Lipinski definition) is 3. The maximum Gasteiger partial charge on any atom is 0.253 e. The summed E-state index contributed by atoms with van der Waals surface area (Å²) in [6.07, 6.45) is 1.93. The Morgan fingerprint density at radius 1 is 1.48 bits per heavy atom. The van der Waals surface area contributed by atoms with Crippen molar-refractivity contribution in [3.8, 4) is 11.8 Å². The third-order valence-corrected chi connectivity index (χ3v) is 3.49. The van der Waals surface area contributed by atoms with Gasteiger partial charge in [-0.25, -0.2) is 0 Å². The molecule has 2 rings (SSSR count). The fourth-order valence-corrected chi connectivity index (χ4v) is 2.26. The van der Waals surface area contributed by atoms with Crippen molar-refractivity contribution in [1.29, 1.82) is 0 Å². The van der Waals surface area contributed by atoms with E-state index >= 15 is 0 Å². The lowest BCUT2D eigenvalue weighted by atomic mass is 10.1. The van der Waals surface area contributed by atoms with Gasteiger partial charge < -0.3 is 15.2 Å². The average Bonchev–Trinajstić information content (AvgIpc) is 2.89. The zero-order chi connectivity index (χ0) is 15.2. The molecule has 1 aliphatic heterocycles. The van der Waals surface area contributed by atoms with Gasteiger partial charge in [0.05, 0.1) is 12.7 Å². The summed E-state index contributed by atoms with van der Waals surface area (Å²) >= 11 is 0. The van der Waals surface area contributed by atoms with Crippen molar-refractivity contribution in [1.82, 2.24) is 0 Å². The molecule has 1 heterocycles. The number of nitrogens with one attached hydrogen (secondary N) is 1. The summed E-state index contributed by atoms with van der Waals surface area (Å²) in [6.45, 7) is 3.98. The molecule has 1 aromatic rings. The molecule has 2 unspecified atom stereocenters. The fraction of sp³-hybridized carbons (Fsp3) is 0.471. The van der Waals surface area contributed by atoms with Gasteiger partial charge in [-0.1, -0.05) is 17.9 Å². The van der Waals surface area contributed by atoms with E-state index < -0.39 is 0 Å². The highest BCUT2D eigenvalue weighted by atomic mass is 16.5. The quantitative estimate of drug-likeness (QED) is 0.838. The zero-order valence-electron chi connectivity index (χ0n) is 12.5. The number of aliphatic hydroxyl groups is 1. The Bertz CT molecular complexity index is 571. The molecule has 0 aromatic heterocycles. The number of benzene rings is 1. The van der Waals surface area contributed by atoms with E-state index in [4.69, 9.17) is 9.84 Å². The van der Waals surface area contributed by atoms with Crippen LogP contribution < -0.4 is 5.32 Å². The summed E-state index contributed by atoms with van der Waals surface area (Å²) in [7, 11) is 0. The lowest BCUT2D eigenvalue weighted by Crippen LogP contribution is -2.28.